The Kier molecular flexibility index (Phi) is 5.85. The molecule has 1 saturated heterocycles. The second-order valence-corrected chi connectivity index (χ2v) is 9.06. The van der Waals surface area contributed by atoms with Crippen LogP contribution in [0.1, 0.15) is 25.0 Å². The Morgan fingerprint density at radius 1 is 1.19 bits per heavy atom. The molecule has 0 aliphatic carbocycles. The molecular weight excluding hydrogens is 392 g/mol. The molecule has 2 aliphatic rings. The Labute approximate surface area is 183 Å². The van der Waals surface area contributed by atoms with Crippen LogP contribution >= 0.6 is 0 Å². The van der Waals surface area contributed by atoms with Gasteiger partial charge in [0, 0.05) is 49.7 Å². The van der Waals surface area contributed by atoms with Gasteiger partial charge in [-0.2, -0.15) is 0 Å². The number of carbonyl (C=O) groups excluding carboxylic acids is 1. The molecule has 0 saturated carbocycles. The molecule has 1 amide bonds. The van der Waals surface area contributed by atoms with Crippen LogP contribution in [0.2, 0.25) is 0 Å². The number of nitrogens with zero attached hydrogens (tertiary/aromatic N) is 3. The van der Waals surface area contributed by atoms with Crippen LogP contribution in [0.25, 0.3) is 0 Å². The molecule has 0 spiro atoms. The number of fused-ring (bicyclic) bond motifs is 3. The second kappa shape index (κ2) is 8.57. The molecule has 0 bridgehead atoms. The van der Waals surface area contributed by atoms with Gasteiger partial charge in [0.15, 0.2) is 0 Å². The lowest BCUT2D eigenvalue weighted by molar-refractivity contribution is -0.384. The van der Waals surface area contributed by atoms with Crippen molar-refractivity contribution in [1.29, 1.82) is 0 Å². The van der Waals surface area contributed by atoms with Crippen LogP contribution in [0.15, 0.2) is 42.5 Å². The zero-order valence-corrected chi connectivity index (χ0v) is 18.4. The summed E-state index contributed by atoms with van der Waals surface area (Å²) in [6.07, 6.45) is 0.518. The molecule has 7 heteroatoms. The summed E-state index contributed by atoms with van der Waals surface area (Å²) in [5, 5.41) is 14.4. The van der Waals surface area contributed by atoms with Crippen molar-refractivity contribution in [2.75, 3.05) is 36.0 Å². The molecule has 2 atom stereocenters. The fourth-order valence-corrected chi connectivity index (χ4v) is 4.65. The highest BCUT2D eigenvalue weighted by Gasteiger charge is 2.42. The average Bonchev–Trinajstić information content (AvgIpc) is 2.76. The zero-order valence-electron chi connectivity index (χ0n) is 18.4. The Bertz CT molecular complexity index is 973. The van der Waals surface area contributed by atoms with Crippen molar-refractivity contribution < 1.29 is 9.72 Å². The molecule has 1 fully saturated rings. The number of non-ortho nitro benzene ring substituents is 1. The number of amides is 1. The monoisotopic (exact) mass is 422 g/mol. The van der Waals surface area contributed by atoms with E-state index in [-0.39, 0.29) is 28.5 Å². The van der Waals surface area contributed by atoms with Gasteiger partial charge in [0.1, 0.15) is 0 Å². The predicted octanol–water partition coefficient (Wildman–Crippen LogP) is 3.54. The zero-order chi connectivity index (χ0) is 22.1. The Morgan fingerprint density at radius 2 is 1.94 bits per heavy atom. The summed E-state index contributed by atoms with van der Waals surface area (Å²) >= 11 is 0. The van der Waals surface area contributed by atoms with Crippen LogP contribution in [0.3, 0.4) is 0 Å². The van der Waals surface area contributed by atoms with Gasteiger partial charge in [0.2, 0.25) is 5.91 Å². The molecule has 164 valence electrons. The van der Waals surface area contributed by atoms with Gasteiger partial charge in [-0.1, -0.05) is 31.5 Å². The number of nitro benzene ring substituents is 1. The van der Waals surface area contributed by atoms with E-state index < -0.39 is 0 Å². The molecule has 2 aliphatic heterocycles. The number of aryl methyl sites for hydroxylation is 1. The van der Waals surface area contributed by atoms with E-state index in [9.17, 15) is 14.9 Å². The minimum Gasteiger partial charge on any atom is -0.368 e. The van der Waals surface area contributed by atoms with Crippen molar-refractivity contribution in [2.45, 2.75) is 33.2 Å². The SMILES string of the molecule is Cc1ccc(N2CCN3c4ccc([N+](=O)[O-])cc4C[C@@H](C(=O)NCC(C)C)[C@@H]3C2)cc1. The lowest BCUT2D eigenvalue weighted by atomic mass is 9.83. The highest BCUT2D eigenvalue weighted by molar-refractivity contribution is 5.82. The third kappa shape index (κ3) is 4.36. The molecular formula is C24H30N4O3. The maximum Gasteiger partial charge on any atom is 0.269 e. The molecule has 7 nitrogen and oxygen atoms in total. The van der Waals surface area contributed by atoms with Crippen molar-refractivity contribution in [3.63, 3.8) is 0 Å². The van der Waals surface area contributed by atoms with Gasteiger partial charge in [0.05, 0.1) is 16.9 Å². The minimum absolute atomic E-state index is 0.0242. The summed E-state index contributed by atoms with van der Waals surface area (Å²) in [4.78, 5) is 28.7. The number of hydrogen-bond acceptors (Lipinski definition) is 5. The van der Waals surface area contributed by atoms with E-state index in [0.29, 0.717) is 18.9 Å². The topological polar surface area (TPSA) is 78.7 Å². The molecule has 0 unspecified atom stereocenters. The van der Waals surface area contributed by atoms with Crippen molar-refractivity contribution >= 4 is 23.0 Å². The third-order valence-electron chi connectivity index (χ3n) is 6.33. The number of nitro groups is 1. The lowest BCUT2D eigenvalue weighted by Crippen LogP contribution is -2.61. The van der Waals surface area contributed by atoms with Crippen LogP contribution in [0.5, 0.6) is 0 Å². The summed E-state index contributed by atoms with van der Waals surface area (Å²) in [5.74, 6) is 0.153. The molecule has 4 rings (SSSR count). The van der Waals surface area contributed by atoms with Crippen LogP contribution in [-0.2, 0) is 11.2 Å². The summed E-state index contributed by atoms with van der Waals surface area (Å²) < 4.78 is 0. The first kappa shape index (κ1) is 21.2. The average molecular weight is 423 g/mol. The fraction of sp³-hybridized carbons (Fsp3) is 0.458. The summed E-state index contributed by atoms with van der Waals surface area (Å²) in [6.45, 7) is 9.23. The fourth-order valence-electron chi connectivity index (χ4n) is 4.65. The number of carbonyl (C=O) groups is 1. The van der Waals surface area contributed by atoms with Crippen LogP contribution in [-0.4, -0.2) is 43.1 Å². The van der Waals surface area contributed by atoms with E-state index in [2.05, 4.69) is 60.2 Å². The first-order chi connectivity index (χ1) is 14.8. The standard InChI is InChI=1S/C24H30N4O3/c1-16(2)14-25-24(29)21-13-18-12-20(28(30)31)8-9-22(18)27-11-10-26(15-23(21)27)19-6-4-17(3)5-7-19/h4-9,12,16,21,23H,10-11,13-15H2,1-3H3,(H,25,29)/t21-,23+/m1/s1. The first-order valence-electron chi connectivity index (χ1n) is 11.0. The quantitative estimate of drug-likeness (QED) is 0.589. The Morgan fingerprint density at radius 3 is 2.61 bits per heavy atom. The van der Waals surface area contributed by atoms with Crippen molar-refractivity contribution in [2.24, 2.45) is 11.8 Å². The van der Waals surface area contributed by atoms with Gasteiger partial charge in [-0.25, -0.2) is 0 Å². The van der Waals surface area contributed by atoms with Gasteiger partial charge < -0.3 is 15.1 Å². The highest BCUT2D eigenvalue weighted by Crippen LogP contribution is 2.38. The van der Waals surface area contributed by atoms with Crippen molar-refractivity contribution in [3.05, 3.63) is 63.7 Å². The Balaban J connectivity index is 1.65. The molecule has 2 heterocycles. The molecule has 2 aromatic rings. The van der Waals surface area contributed by atoms with Crippen LogP contribution < -0.4 is 15.1 Å². The van der Waals surface area contributed by atoms with E-state index in [1.54, 1.807) is 12.1 Å². The van der Waals surface area contributed by atoms with Crippen molar-refractivity contribution in [3.8, 4) is 0 Å². The molecule has 2 aromatic carbocycles. The molecule has 0 radical (unpaired) electrons. The molecule has 0 aromatic heterocycles. The maximum atomic E-state index is 13.2. The highest BCUT2D eigenvalue weighted by atomic mass is 16.6. The second-order valence-electron chi connectivity index (χ2n) is 9.06. The van der Waals surface area contributed by atoms with Crippen LogP contribution in [0.4, 0.5) is 17.1 Å². The van der Waals surface area contributed by atoms with E-state index in [0.717, 1.165) is 30.9 Å². The minimum atomic E-state index is -0.366. The summed E-state index contributed by atoms with van der Waals surface area (Å²) in [7, 11) is 0. The van der Waals surface area contributed by atoms with Gasteiger partial charge >= 0.3 is 0 Å². The number of piperazine rings is 1. The normalized spacial score (nSPS) is 20.3. The smallest absolute Gasteiger partial charge is 0.269 e. The van der Waals surface area contributed by atoms with Gasteiger partial charge in [-0.15, -0.1) is 0 Å². The predicted molar refractivity (Wildman–Crippen MR) is 123 cm³/mol. The van der Waals surface area contributed by atoms with Gasteiger partial charge in [-0.05, 0) is 43.0 Å². The van der Waals surface area contributed by atoms with Crippen molar-refractivity contribution in [1.82, 2.24) is 5.32 Å². The largest absolute Gasteiger partial charge is 0.368 e. The first-order valence-corrected chi connectivity index (χ1v) is 11.0. The van der Waals surface area contributed by atoms with E-state index in [1.807, 2.05) is 6.07 Å². The maximum absolute atomic E-state index is 13.2. The number of rotatable bonds is 5. The van der Waals surface area contributed by atoms with E-state index in [4.69, 9.17) is 0 Å². The number of nitrogens with one attached hydrogen (secondary N) is 1. The van der Waals surface area contributed by atoms with Gasteiger partial charge in [0.25, 0.3) is 5.69 Å². The van der Waals surface area contributed by atoms with E-state index >= 15 is 0 Å². The Hall–Kier alpha value is -3.09. The molecule has 31 heavy (non-hydrogen) atoms. The number of benzene rings is 2. The van der Waals surface area contributed by atoms with E-state index in [1.165, 1.54) is 11.3 Å². The lowest BCUT2D eigenvalue weighted by Gasteiger charge is -2.49. The summed E-state index contributed by atoms with van der Waals surface area (Å²) in [5.41, 5.74) is 4.38. The van der Waals surface area contributed by atoms with Crippen LogP contribution in [0, 0.1) is 28.9 Å². The molecule has 1 N–H and O–H groups in total. The van der Waals surface area contributed by atoms with Gasteiger partial charge in [-0.3, -0.25) is 14.9 Å². The summed E-state index contributed by atoms with van der Waals surface area (Å²) in [6, 6.07) is 13.6. The number of anilines is 2. The third-order valence-corrected chi connectivity index (χ3v) is 6.33. The number of hydrogen-bond donors (Lipinski definition) is 1.